The number of ether oxygens (including phenoxy) is 20. The molecule has 0 unspecified atom stereocenters. The maximum atomic E-state index is 12.8. The molecule has 0 radical (unpaired) electrons. The van der Waals surface area contributed by atoms with E-state index in [1.54, 1.807) is 5.57 Å². The first kappa shape index (κ1) is 81.6. The molecule has 536 valence electrons. The Balaban J connectivity index is 0.759. The number of carbonyl (C=O) groups excluding carboxylic acids is 1. The first-order valence-electron chi connectivity index (χ1n) is 35.0. The molecule has 0 aromatic carbocycles. The molecule has 23 heteroatoms. The van der Waals surface area contributed by atoms with Crippen molar-refractivity contribution in [2.75, 3.05) is 264 Å². The number of alkyl carbamates (subject to hydrolysis) is 1. The van der Waals surface area contributed by atoms with E-state index in [0.717, 1.165) is 54.8 Å². The summed E-state index contributed by atoms with van der Waals surface area (Å²) in [6, 6.07) is 0. The van der Waals surface area contributed by atoms with Crippen molar-refractivity contribution >= 4 is 6.09 Å². The predicted octanol–water partition coefficient (Wildman–Crippen LogP) is 7.40. The van der Waals surface area contributed by atoms with Gasteiger partial charge in [-0.05, 0) is 91.3 Å². The Hall–Kier alpha value is -1.79. The van der Waals surface area contributed by atoms with Crippen LogP contribution in [-0.2, 0) is 94.7 Å². The van der Waals surface area contributed by atoms with Crippen LogP contribution in [0.5, 0.6) is 0 Å². The molecule has 0 spiro atoms. The lowest BCUT2D eigenvalue weighted by molar-refractivity contribution is -0.0581. The van der Waals surface area contributed by atoms with Crippen LogP contribution in [0.15, 0.2) is 11.6 Å². The lowest BCUT2D eigenvalue weighted by Crippen LogP contribution is -2.51. The Morgan fingerprint density at radius 2 is 0.780 bits per heavy atom. The SMILES string of the molecule is CC(C)CCC[C@@H](C)[C@H]1CC[C@H]2[C@@H]3CC=C4C[C@@H](OC(=O)NCCOCCOCCOCCOCCOCCOCCOCCOCCOCCOCCOCCOCCOCCOCCOCCOCCOCCOCCOCCN)CC[C@]4(C)[C@H]3CC[C@]12C. The van der Waals surface area contributed by atoms with Gasteiger partial charge in [0.2, 0.25) is 0 Å². The van der Waals surface area contributed by atoms with Gasteiger partial charge in [-0.3, -0.25) is 0 Å². The van der Waals surface area contributed by atoms with Gasteiger partial charge >= 0.3 is 6.09 Å². The molecule has 4 aliphatic rings. The van der Waals surface area contributed by atoms with Gasteiger partial charge in [0.15, 0.2) is 0 Å². The van der Waals surface area contributed by atoms with Crippen molar-refractivity contribution in [3.05, 3.63) is 11.6 Å². The van der Waals surface area contributed by atoms with Gasteiger partial charge in [0.1, 0.15) is 6.10 Å². The van der Waals surface area contributed by atoms with Gasteiger partial charge in [0, 0.05) is 19.5 Å². The Bertz CT molecular complexity index is 1710. The van der Waals surface area contributed by atoms with Crippen LogP contribution in [0.25, 0.3) is 0 Å². The van der Waals surface area contributed by atoms with E-state index in [2.05, 4.69) is 46.0 Å². The minimum absolute atomic E-state index is 0.0584. The second-order valence-electron chi connectivity index (χ2n) is 24.9. The lowest BCUT2D eigenvalue weighted by Gasteiger charge is -2.58. The molecule has 0 aliphatic heterocycles. The number of carbonyl (C=O) groups is 1. The molecule has 91 heavy (non-hydrogen) atoms. The van der Waals surface area contributed by atoms with Gasteiger partial charge in [-0.2, -0.15) is 0 Å². The van der Waals surface area contributed by atoms with Crippen molar-refractivity contribution in [3.8, 4) is 0 Å². The van der Waals surface area contributed by atoms with Crippen LogP contribution in [0.1, 0.15) is 105 Å². The smallest absolute Gasteiger partial charge is 0.407 e. The average Bonchev–Trinajstić information content (AvgIpc) is 1.71. The molecule has 1 amide bonds. The second kappa shape index (κ2) is 55.2. The standard InChI is InChI=1S/C68H128N2O21/c1-58(2)7-6-8-59(3)63-11-12-64-62-10-9-60-57-61(13-15-67(60,4)65(62)14-16-68(63,64)5)91-66(71)70-18-20-73-22-24-75-26-28-77-30-32-79-34-36-81-38-40-83-42-44-85-46-48-87-50-52-89-54-56-90-55-53-88-51-49-86-47-45-84-43-41-82-39-37-80-35-33-78-31-29-76-27-25-74-23-21-72-19-17-69/h9,58-59,61-65H,6-8,10-57,69H2,1-5H3,(H,70,71)/t59-,61+,62+,63-,64+,65+,67+,68-/m1/s1. The molecular weight excluding hydrogens is 1180 g/mol. The van der Waals surface area contributed by atoms with Crippen LogP contribution in [0.2, 0.25) is 0 Å². The molecule has 8 atom stereocenters. The third-order valence-electron chi connectivity index (χ3n) is 18.0. The van der Waals surface area contributed by atoms with Gasteiger partial charge < -0.3 is 106 Å². The Kier molecular flexibility index (Phi) is 49.6. The molecule has 3 fully saturated rings. The van der Waals surface area contributed by atoms with Crippen LogP contribution >= 0.6 is 0 Å². The van der Waals surface area contributed by atoms with Crippen LogP contribution in [-0.4, -0.2) is 276 Å². The van der Waals surface area contributed by atoms with Crippen molar-refractivity contribution < 1.29 is 99.5 Å². The molecular formula is C68H128N2O21. The monoisotopic (exact) mass is 1310 g/mol. The molecule has 0 aromatic heterocycles. The van der Waals surface area contributed by atoms with Gasteiger partial charge in [-0.1, -0.05) is 65.5 Å². The zero-order chi connectivity index (χ0) is 64.8. The van der Waals surface area contributed by atoms with E-state index in [-0.39, 0.29) is 17.6 Å². The summed E-state index contributed by atoms with van der Waals surface area (Å²) in [5.74, 6) is 4.94. The zero-order valence-corrected chi connectivity index (χ0v) is 57.3. The van der Waals surface area contributed by atoms with E-state index in [1.165, 1.54) is 51.4 Å². The molecule has 4 aliphatic carbocycles. The lowest BCUT2D eigenvalue weighted by atomic mass is 9.47. The summed E-state index contributed by atoms with van der Waals surface area (Å²) < 4.78 is 111. The average molecular weight is 1310 g/mol. The fourth-order valence-corrected chi connectivity index (χ4v) is 13.3. The van der Waals surface area contributed by atoms with E-state index < -0.39 is 0 Å². The van der Waals surface area contributed by atoms with Gasteiger partial charge in [0.05, 0.1) is 251 Å². The van der Waals surface area contributed by atoms with E-state index in [0.29, 0.717) is 270 Å². The van der Waals surface area contributed by atoms with Crippen molar-refractivity contribution in [2.24, 2.45) is 52.1 Å². The highest BCUT2D eigenvalue weighted by molar-refractivity contribution is 5.67. The summed E-state index contributed by atoms with van der Waals surface area (Å²) in [6.45, 7) is 32.1. The van der Waals surface area contributed by atoms with Crippen LogP contribution in [0, 0.1) is 46.3 Å². The molecule has 3 N–H and O–H groups in total. The second-order valence-corrected chi connectivity index (χ2v) is 24.9. The third kappa shape index (κ3) is 38.1. The highest BCUT2D eigenvalue weighted by atomic mass is 16.6. The third-order valence-corrected chi connectivity index (χ3v) is 18.0. The fourth-order valence-electron chi connectivity index (χ4n) is 13.3. The first-order chi connectivity index (χ1) is 44.7. The summed E-state index contributed by atoms with van der Waals surface area (Å²) in [5.41, 5.74) is 7.64. The minimum atomic E-state index is -0.347. The van der Waals surface area contributed by atoms with Crippen molar-refractivity contribution in [1.82, 2.24) is 5.32 Å². The van der Waals surface area contributed by atoms with Crippen molar-refractivity contribution in [1.29, 1.82) is 0 Å². The normalized spacial score (nSPS) is 22.5. The summed E-state index contributed by atoms with van der Waals surface area (Å²) in [5, 5.41) is 2.89. The van der Waals surface area contributed by atoms with E-state index in [9.17, 15) is 4.79 Å². The largest absolute Gasteiger partial charge is 0.446 e. The maximum absolute atomic E-state index is 12.8. The van der Waals surface area contributed by atoms with E-state index >= 15 is 0 Å². The number of amides is 1. The summed E-state index contributed by atoms with van der Waals surface area (Å²) in [7, 11) is 0. The number of rotatable bonds is 65. The molecule has 0 heterocycles. The topological polar surface area (TPSA) is 240 Å². The number of nitrogens with one attached hydrogen (secondary N) is 1. The van der Waals surface area contributed by atoms with Crippen LogP contribution < -0.4 is 11.1 Å². The first-order valence-corrected chi connectivity index (χ1v) is 35.0. The molecule has 23 nitrogen and oxygen atoms in total. The zero-order valence-electron chi connectivity index (χ0n) is 57.3. The molecule has 3 saturated carbocycles. The summed E-state index contributed by atoms with van der Waals surface area (Å²) in [4.78, 5) is 12.8. The number of hydrogen-bond donors (Lipinski definition) is 2. The van der Waals surface area contributed by atoms with Gasteiger partial charge in [-0.25, -0.2) is 4.79 Å². The quantitative estimate of drug-likeness (QED) is 0.0445. The minimum Gasteiger partial charge on any atom is -0.446 e. The Morgan fingerprint density at radius 3 is 1.12 bits per heavy atom. The molecule has 0 aromatic rings. The van der Waals surface area contributed by atoms with Crippen molar-refractivity contribution in [2.45, 2.75) is 111 Å². The Labute approximate surface area is 548 Å². The number of nitrogens with two attached hydrogens (primary N) is 1. The van der Waals surface area contributed by atoms with Gasteiger partial charge in [0.25, 0.3) is 0 Å². The van der Waals surface area contributed by atoms with Crippen LogP contribution in [0.4, 0.5) is 4.79 Å². The fraction of sp³-hybridized carbons (Fsp3) is 0.956. The highest BCUT2D eigenvalue weighted by Gasteiger charge is 2.59. The van der Waals surface area contributed by atoms with E-state index in [4.69, 9.17) is 100 Å². The summed E-state index contributed by atoms with van der Waals surface area (Å²) in [6.07, 6.45) is 16.0. The molecule has 4 rings (SSSR count). The van der Waals surface area contributed by atoms with Crippen molar-refractivity contribution in [3.63, 3.8) is 0 Å². The predicted molar refractivity (Wildman–Crippen MR) is 346 cm³/mol. The van der Waals surface area contributed by atoms with E-state index in [1.807, 2.05) is 0 Å². The number of allylic oxidation sites excluding steroid dienone is 1. The van der Waals surface area contributed by atoms with Gasteiger partial charge in [-0.15, -0.1) is 0 Å². The maximum Gasteiger partial charge on any atom is 0.407 e. The highest BCUT2D eigenvalue weighted by Crippen LogP contribution is 2.67. The molecule has 0 saturated heterocycles. The molecule has 0 bridgehead atoms. The Morgan fingerprint density at radius 1 is 0.440 bits per heavy atom. The number of fused-ring (bicyclic) bond motifs is 5. The summed E-state index contributed by atoms with van der Waals surface area (Å²) >= 11 is 0. The number of hydrogen-bond acceptors (Lipinski definition) is 22. The van der Waals surface area contributed by atoms with Crippen LogP contribution in [0.3, 0.4) is 0 Å².